The molecule has 0 saturated heterocycles. The van der Waals surface area contributed by atoms with E-state index < -0.39 is 5.97 Å². The zero-order chi connectivity index (χ0) is 10.7. The molecule has 1 aliphatic carbocycles. The lowest BCUT2D eigenvalue weighted by Gasteiger charge is -2.23. The van der Waals surface area contributed by atoms with E-state index >= 15 is 0 Å². The molecule has 1 aromatic rings. The summed E-state index contributed by atoms with van der Waals surface area (Å²) < 4.78 is 15.1. The summed E-state index contributed by atoms with van der Waals surface area (Å²) in [5, 5.41) is 0. The Bertz CT molecular complexity index is 343. The Morgan fingerprint density at radius 2 is 2.47 bits per heavy atom. The first kappa shape index (κ1) is 10.0. The fourth-order valence-corrected chi connectivity index (χ4v) is 1.24. The lowest BCUT2D eigenvalue weighted by Crippen LogP contribution is -2.24. The predicted octanol–water partition coefficient (Wildman–Crippen LogP) is 1.78. The number of rotatable bonds is 4. The van der Waals surface area contributed by atoms with Gasteiger partial charge in [0.15, 0.2) is 5.69 Å². The zero-order valence-electron chi connectivity index (χ0n) is 8.56. The number of oxazole rings is 1. The maximum absolute atomic E-state index is 11.2. The van der Waals surface area contributed by atoms with Crippen molar-refractivity contribution < 1.29 is 18.7 Å². The molecule has 0 amide bonds. The molecule has 5 heteroatoms. The summed E-state index contributed by atoms with van der Waals surface area (Å²) in [7, 11) is 0. The molecule has 5 nitrogen and oxygen atoms in total. The Hall–Kier alpha value is -1.52. The van der Waals surface area contributed by atoms with Gasteiger partial charge in [-0.25, -0.2) is 4.79 Å². The molecule has 0 atom stereocenters. The Morgan fingerprint density at radius 1 is 1.67 bits per heavy atom. The molecule has 0 aromatic carbocycles. The van der Waals surface area contributed by atoms with Crippen LogP contribution >= 0.6 is 0 Å². The fraction of sp³-hybridized carbons (Fsp3) is 0.600. The van der Waals surface area contributed by atoms with Gasteiger partial charge in [0.25, 0.3) is 0 Å². The minimum Gasteiger partial charge on any atom is -0.461 e. The van der Waals surface area contributed by atoms with Crippen LogP contribution in [0, 0.1) is 0 Å². The van der Waals surface area contributed by atoms with E-state index in [9.17, 15) is 4.79 Å². The molecule has 1 saturated carbocycles. The molecule has 0 unspecified atom stereocenters. The number of ether oxygens (including phenoxy) is 2. The van der Waals surface area contributed by atoms with Crippen molar-refractivity contribution in [2.75, 3.05) is 6.61 Å². The van der Waals surface area contributed by atoms with Crippen molar-refractivity contribution in [3.05, 3.63) is 12.0 Å². The van der Waals surface area contributed by atoms with Crippen molar-refractivity contribution in [3.8, 4) is 6.08 Å². The molecular formula is C10H13NO4. The smallest absolute Gasteiger partial charge is 0.394 e. The topological polar surface area (TPSA) is 61.6 Å². The van der Waals surface area contributed by atoms with Gasteiger partial charge in [-0.1, -0.05) is 0 Å². The summed E-state index contributed by atoms with van der Waals surface area (Å²) in [6, 6.07) is 0. The minimum atomic E-state index is -0.482. The number of carbonyl (C=O) groups excluding carboxylic acids is 1. The highest BCUT2D eigenvalue weighted by molar-refractivity contribution is 5.86. The van der Waals surface area contributed by atoms with Crippen LogP contribution in [0.5, 0.6) is 6.08 Å². The summed E-state index contributed by atoms with van der Waals surface area (Å²) in [5.74, 6) is -0.482. The SMILES string of the molecule is CCOC(=O)c1coc(OC2CCC2)n1. The highest BCUT2D eigenvalue weighted by Gasteiger charge is 2.22. The first-order chi connectivity index (χ1) is 7.29. The van der Waals surface area contributed by atoms with Crippen LogP contribution in [0.4, 0.5) is 0 Å². The van der Waals surface area contributed by atoms with Crippen molar-refractivity contribution in [2.45, 2.75) is 32.3 Å². The second kappa shape index (κ2) is 4.33. The molecule has 0 bridgehead atoms. The molecule has 1 fully saturated rings. The van der Waals surface area contributed by atoms with Crippen LogP contribution in [0.3, 0.4) is 0 Å². The first-order valence-corrected chi connectivity index (χ1v) is 5.09. The third-order valence-corrected chi connectivity index (χ3v) is 2.29. The Morgan fingerprint density at radius 3 is 3.07 bits per heavy atom. The van der Waals surface area contributed by atoms with E-state index in [4.69, 9.17) is 13.9 Å². The quantitative estimate of drug-likeness (QED) is 0.710. The van der Waals surface area contributed by atoms with E-state index in [-0.39, 0.29) is 17.9 Å². The molecule has 0 aliphatic heterocycles. The van der Waals surface area contributed by atoms with Crippen LogP contribution in [0.25, 0.3) is 0 Å². The minimum absolute atomic E-state index is 0.155. The molecule has 1 aromatic heterocycles. The normalized spacial score (nSPS) is 15.8. The van der Waals surface area contributed by atoms with Crippen molar-refractivity contribution in [2.24, 2.45) is 0 Å². The number of nitrogens with zero attached hydrogens (tertiary/aromatic N) is 1. The van der Waals surface area contributed by atoms with Crippen LogP contribution in [-0.4, -0.2) is 23.7 Å². The molecule has 1 aliphatic rings. The lowest BCUT2D eigenvalue weighted by atomic mass is 9.96. The van der Waals surface area contributed by atoms with Crippen LogP contribution in [-0.2, 0) is 4.74 Å². The van der Waals surface area contributed by atoms with Gasteiger partial charge < -0.3 is 13.9 Å². The molecule has 0 radical (unpaired) electrons. The molecule has 0 spiro atoms. The predicted molar refractivity (Wildman–Crippen MR) is 50.7 cm³/mol. The lowest BCUT2D eigenvalue weighted by molar-refractivity contribution is 0.0517. The van der Waals surface area contributed by atoms with Crippen LogP contribution in [0.1, 0.15) is 36.7 Å². The molecule has 15 heavy (non-hydrogen) atoms. The Labute approximate surface area is 87.4 Å². The summed E-state index contributed by atoms with van der Waals surface area (Å²) in [5.41, 5.74) is 0.158. The third kappa shape index (κ3) is 2.29. The highest BCUT2D eigenvalue weighted by atomic mass is 16.6. The van der Waals surface area contributed by atoms with E-state index in [1.807, 2.05) is 0 Å². The Kier molecular flexibility index (Phi) is 2.89. The van der Waals surface area contributed by atoms with E-state index in [1.54, 1.807) is 6.92 Å². The van der Waals surface area contributed by atoms with Crippen LogP contribution in [0.15, 0.2) is 10.7 Å². The zero-order valence-corrected chi connectivity index (χ0v) is 8.56. The number of aromatic nitrogens is 1. The highest BCUT2D eigenvalue weighted by Crippen LogP contribution is 2.24. The molecule has 1 heterocycles. The number of hydrogen-bond donors (Lipinski definition) is 0. The summed E-state index contributed by atoms with van der Waals surface area (Å²) >= 11 is 0. The van der Waals surface area contributed by atoms with Crippen LogP contribution in [0.2, 0.25) is 0 Å². The maximum Gasteiger partial charge on any atom is 0.394 e. The first-order valence-electron chi connectivity index (χ1n) is 5.09. The van der Waals surface area contributed by atoms with Crippen LogP contribution < -0.4 is 4.74 Å². The second-order valence-electron chi connectivity index (χ2n) is 3.39. The van der Waals surface area contributed by atoms with Gasteiger partial charge in [-0.2, -0.15) is 4.98 Å². The van der Waals surface area contributed by atoms with Crippen molar-refractivity contribution >= 4 is 5.97 Å². The Balaban J connectivity index is 1.93. The number of carbonyl (C=O) groups is 1. The van der Waals surface area contributed by atoms with Gasteiger partial charge in [0.2, 0.25) is 0 Å². The fourth-order valence-electron chi connectivity index (χ4n) is 1.24. The second-order valence-corrected chi connectivity index (χ2v) is 3.39. The summed E-state index contributed by atoms with van der Waals surface area (Å²) in [6.07, 6.45) is 4.83. The van der Waals surface area contributed by atoms with E-state index in [0.29, 0.717) is 6.61 Å². The van der Waals surface area contributed by atoms with Crippen molar-refractivity contribution in [1.29, 1.82) is 0 Å². The largest absolute Gasteiger partial charge is 0.461 e. The van der Waals surface area contributed by atoms with Crippen molar-refractivity contribution in [1.82, 2.24) is 4.98 Å². The standard InChI is InChI=1S/C10H13NO4/c1-2-13-9(12)8-6-14-10(11-8)15-7-4-3-5-7/h6-7H,2-5H2,1H3. The summed E-state index contributed by atoms with van der Waals surface area (Å²) in [6.45, 7) is 2.06. The van der Waals surface area contributed by atoms with Crippen molar-refractivity contribution in [3.63, 3.8) is 0 Å². The van der Waals surface area contributed by atoms with E-state index in [1.165, 1.54) is 12.7 Å². The van der Waals surface area contributed by atoms with Gasteiger partial charge >= 0.3 is 12.0 Å². The van der Waals surface area contributed by atoms with Gasteiger partial charge in [-0.3, -0.25) is 0 Å². The average Bonchev–Trinajstić information content (AvgIpc) is 2.60. The van der Waals surface area contributed by atoms with E-state index in [2.05, 4.69) is 4.98 Å². The number of hydrogen-bond acceptors (Lipinski definition) is 5. The molecule has 82 valence electrons. The monoisotopic (exact) mass is 211 g/mol. The van der Waals surface area contributed by atoms with Gasteiger partial charge in [-0.05, 0) is 26.2 Å². The summed E-state index contributed by atoms with van der Waals surface area (Å²) in [4.78, 5) is 15.1. The maximum atomic E-state index is 11.2. The van der Waals surface area contributed by atoms with Gasteiger partial charge in [-0.15, -0.1) is 0 Å². The van der Waals surface area contributed by atoms with Gasteiger partial charge in [0.1, 0.15) is 12.4 Å². The number of esters is 1. The van der Waals surface area contributed by atoms with E-state index in [0.717, 1.165) is 12.8 Å². The average molecular weight is 211 g/mol. The molecular weight excluding hydrogens is 198 g/mol. The third-order valence-electron chi connectivity index (χ3n) is 2.29. The molecule has 0 N–H and O–H groups in total. The van der Waals surface area contributed by atoms with Gasteiger partial charge in [0, 0.05) is 0 Å². The molecule has 2 rings (SSSR count). The van der Waals surface area contributed by atoms with Gasteiger partial charge in [0.05, 0.1) is 6.61 Å².